The minimum atomic E-state index is -0.447. The van der Waals surface area contributed by atoms with Crippen LogP contribution in [0, 0.1) is 5.92 Å². The van der Waals surface area contributed by atoms with Crippen LogP contribution in [0.3, 0.4) is 0 Å². The van der Waals surface area contributed by atoms with Gasteiger partial charge < -0.3 is 10.1 Å². The van der Waals surface area contributed by atoms with E-state index in [4.69, 9.17) is 4.74 Å². The number of thiophene rings is 1. The molecule has 28 heavy (non-hydrogen) atoms. The fourth-order valence-electron chi connectivity index (χ4n) is 3.38. The number of hydrogen-bond donors (Lipinski definition) is 1. The molecular weight excluding hydrogens is 398 g/mol. The molecule has 1 atom stereocenters. The van der Waals surface area contributed by atoms with Crippen LogP contribution < -0.4 is 5.32 Å². The average molecular weight is 420 g/mol. The first-order chi connectivity index (χ1) is 13.6. The third-order valence-electron chi connectivity index (χ3n) is 4.74. The van der Waals surface area contributed by atoms with E-state index in [2.05, 4.69) is 27.4 Å². The lowest BCUT2D eigenvalue weighted by atomic mass is 9.89. The van der Waals surface area contributed by atoms with Crippen molar-refractivity contribution in [3.63, 3.8) is 0 Å². The molecule has 0 aliphatic heterocycles. The zero-order valence-corrected chi connectivity index (χ0v) is 17.4. The third kappa shape index (κ3) is 3.70. The predicted octanol–water partition coefficient (Wildman–Crippen LogP) is 2.24. The number of aromatic nitrogens is 4. The molecule has 0 saturated heterocycles. The molecule has 0 bridgehead atoms. The van der Waals surface area contributed by atoms with Gasteiger partial charge in [0.15, 0.2) is 10.8 Å². The molecule has 0 radical (unpaired) electrons. The van der Waals surface area contributed by atoms with Gasteiger partial charge in [-0.2, -0.15) is 0 Å². The number of thioether (sulfide) groups is 1. The van der Waals surface area contributed by atoms with Gasteiger partial charge in [0.25, 0.3) is 0 Å². The number of amides is 1. The summed E-state index contributed by atoms with van der Waals surface area (Å²) in [6, 6.07) is 0. The summed E-state index contributed by atoms with van der Waals surface area (Å²) < 4.78 is 6.64. The Hall–Kier alpha value is -2.20. The molecule has 3 aromatic rings. The molecule has 10 heteroatoms. The first-order valence-corrected chi connectivity index (χ1v) is 11.1. The van der Waals surface area contributed by atoms with Crippen molar-refractivity contribution < 1.29 is 14.3 Å². The van der Waals surface area contributed by atoms with Crippen LogP contribution in [0.5, 0.6) is 0 Å². The number of nitrogens with one attached hydrogen (secondary N) is 1. The quantitative estimate of drug-likeness (QED) is 0.483. The van der Waals surface area contributed by atoms with Gasteiger partial charge in [-0.1, -0.05) is 18.7 Å². The monoisotopic (exact) mass is 419 g/mol. The Balaban J connectivity index is 1.51. The second-order valence-corrected chi connectivity index (χ2v) is 8.85. The zero-order valence-electron chi connectivity index (χ0n) is 15.7. The largest absolute Gasteiger partial charge is 0.465 e. The van der Waals surface area contributed by atoms with E-state index in [-0.39, 0.29) is 18.2 Å². The summed E-state index contributed by atoms with van der Waals surface area (Å²) >= 11 is 3.02. The molecule has 8 nitrogen and oxygen atoms in total. The van der Waals surface area contributed by atoms with Crippen LogP contribution >= 0.6 is 23.1 Å². The Kier molecular flexibility index (Phi) is 5.49. The number of carbonyl (C=O) groups excluding carboxylic acids is 2. The van der Waals surface area contributed by atoms with Crippen molar-refractivity contribution in [1.82, 2.24) is 24.9 Å². The fraction of sp³-hybridized carbons (Fsp3) is 0.500. The van der Waals surface area contributed by atoms with E-state index in [1.54, 1.807) is 24.6 Å². The molecule has 0 fully saturated rings. The molecule has 0 aromatic carbocycles. The maximum atomic E-state index is 12.0. The molecule has 1 aliphatic carbocycles. The van der Waals surface area contributed by atoms with E-state index in [1.807, 2.05) is 4.40 Å². The Bertz CT molecular complexity index is 1040. The van der Waals surface area contributed by atoms with Crippen LogP contribution in [0.2, 0.25) is 0 Å². The van der Waals surface area contributed by atoms with Crippen LogP contribution in [0.15, 0.2) is 11.5 Å². The summed E-state index contributed by atoms with van der Waals surface area (Å²) in [6.07, 6.45) is 5.04. The highest BCUT2D eigenvalue weighted by molar-refractivity contribution is 7.99. The molecule has 4 rings (SSSR count). The molecule has 0 spiro atoms. The Morgan fingerprint density at radius 2 is 2.29 bits per heavy atom. The standard InChI is InChI=1S/C18H21N5O3S2/c1-3-26-14(25)7-19-13(24)8-27-18-22-21-16-15-11-5-4-10(2)6-12(11)28-17(15)20-9-23(16)18/h9-10H,3-8H2,1-2H3,(H,19,24). The lowest BCUT2D eigenvalue weighted by molar-refractivity contribution is -0.143. The lowest BCUT2D eigenvalue weighted by Gasteiger charge is -2.17. The van der Waals surface area contributed by atoms with Crippen molar-refractivity contribution in [2.45, 2.75) is 38.3 Å². The summed E-state index contributed by atoms with van der Waals surface area (Å²) in [5.74, 6) is 0.133. The molecule has 1 amide bonds. The summed E-state index contributed by atoms with van der Waals surface area (Å²) in [4.78, 5) is 30.3. The van der Waals surface area contributed by atoms with Crippen molar-refractivity contribution >= 4 is 50.8 Å². The van der Waals surface area contributed by atoms with Gasteiger partial charge in [-0.15, -0.1) is 21.5 Å². The van der Waals surface area contributed by atoms with Gasteiger partial charge in [0.2, 0.25) is 5.91 Å². The summed E-state index contributed by atoms with van der Waals surface area (Å²) in [5, 5.41) is 12.9. The van der Waals surface area contributed by atoms with Crippen LogP contribution in [0.4, 0.5) is 0 Å². The van der Waals surface area contributed by atoms with Crippen LogP contribution in [0.25, 0.3) is 15.9 Å². The summed E-state index contributed by atoms with van der Waals surface area (Å²) in [6.45, 7) is 4.18. The number of aryl methyl sites for hydroxylation is 1. The second kappa shape index (κ2) is 8.04. The first-order valence-electron chi connectivity index (χ1n) is 9.26. The van der Waals surface area contributed by atoms with E-state index in [0.717, 1.165) is 28.7 Å². The number of carbonyl (C=O) groups is 2. The maximum Gasteiger partial charge on any atom is 0.325 e. The Morgan fingerprint density at radius 3 is 3.11 bits per heavy atom. The molecule has 3 aromatic heterocycles. The van der Waals surface area contributed by atoms with E-state index in [9.17, 15) is 9.59 Å². The smallest absolute Gasteiger partial charge is 0.325 e. The number of hydrogen-bond acceptors (Lipinski definition) is 8. The number of ether oxygens (including phenoxy) is 1. The fourth-order valence-corrected chi connectivity index (χ4v) is 5.46. The summed E-state index contributed by atoms with van der Waals surface area (Å²) in [5.41, 5.74) is 2.15. The molecule has 1 unspecified atom stereocenters. The molecule has 3 heterocycles. The highest BCUT2D eigenvalue weighted by Crippen LogP contribution is 2.38. The second-order valence-electron chi connectivity index (χ2n) is 6.82. The van der Waals surface area contributed by atoms with Crippen molar-refractivity contribution in [1.29, 1.82) is 0 Å². The van der Waals surface area contributed by atoms with E-state index in [0.29, 0.717) is 17.7 Å². The van der Waals surface area contributed by atoms with E-state index < -0.39 is 5.97 Å². The van der Waals surface area contributed by atoms with Crippen molar-refractivity contribution in [3.8, 4) is 0 Å². The highest BCUT2D eigenvalue weighted by Gasteiger charge is 2.24. The van der Waals surface area contributed by atoms with Crippen LogP contribution in [0.1, 0.15) is 30.7 Å². The predicted molar refractivity (Wildman–Crippen MR) is 108 cm³/mol. The van der Waals surface area contributed by atoms with Gasteiger partial charge in [-0.05, 0) is 37.7 Å². The SMILES string of the molecule is CCOC(=O)CNC(=O)CSc1nnc2c3c4c(sc3ncn12)CC(C)CC4. The third-order valence-corrected chi connectivity index (χ3v) is 6.84. The minimum Gasteiger partial charge on any atom is -0.465 e. The van der Waals surface area contributed by atoms with E-state index in [1.165, 1.54) is 28.6 Å². The Morgan fingerprint density at radius 1 is 1.43 bits per heavy atom. The van der Waals surface area contributed by atoms with Crippen LogP contribution in [-0.2, 0) is 27.2 Å². The molecular formula is C18H21N5O3S2. The first kappa shape index (κ1) is 19.1. The van der Waals surface area contributed by atoms with Crippen molar-refractivity contribution in [2.24, 2.45) is 5.92 Å². The van der Waals surface area contributed by atoms with Gasteiger partial charge >= 0.3 is 5.97 Å². The van der Waals surface area contributed by atoms with Gasteiger partial charge in [0.1, 0.15) is 17.7 Å². The number of esters is 1. The lowest BCUT2D eigenvalue weighted by Crippen LogP contribution is -2.31. The van der Waals surface area contributed by atoms with E-state index >= 15 is 0 Å². The van der Waals surface area contributed by atoms with Gasteiger partial charge in [-0.25, -0.2) is 4.98 Å². The van der Waals surface area contributed by atoms with Gasteiger partial charge in [0.05, 0.1) is 17.7 Å². The number of nitrogens with zero attached hydrogens (tertiary/aromatic N) is 4. The summed E-state index contributed by atoms with van der Waals surface area (Å²) in [7, 11) is 0. The van der Waals surface area contributed by atoms with Crippen LogP contribution in [-0.4, -0.2) is 50.4 Å². The zero-order chi connectivity index (χ0) is 19.7. The average Bonchev–Trinajstić information content (AvgIpc) is 3.24. The number of fused-ring (bicyclic) bond motifs is 5. The van der Waals surface area contributed by atoms with Gasteiger partial charge in [0, 0.05) is 4.88 Å². The maximum absolute atomic E-state index is 12.0. The topological polar surface area (TPSA) is 98.5 Å². The van der Waals surface area contributed by atoms with Crippen molar-refractivity contribution in [3.05, 3.63) is 16.8 Å². The molecule has 0 saturated carbocycles. The van der Waals surface area contributed by atoms with Crippen molar-refractivity contribution in [2.75, 3.05) is 18.9 Å². The molecule has 1 N–H and O–H groups in total. The highest BCUT2D eigenvalue weighted by atomic mass is 32.2. The normalized spacial score (nSPS) is 16.3. The minimum absolute atomic E-state index is 0.130. The van der Waals surface area contributed by atoms with Gasteiger partial charge in [-0.3, -0.25) is 14.0 Å². The number of rotatable bonds is 6. The molecule has 1 aliphatic rings. The Labute approximate surface area is 170 Å². The molecule has 148 valence electrons.